The second kappa shape index (κ2) is 54.0. The first-order valence-electron chi connectivity index (χ1n) is 31.6. The van der Waals surface area contributed by atoms with Crippen LogP contribution < -0.4 is 0 Å². The number of aliphatic hydroxyl groups is 1. The van der Waals surface area contributed by atoms with Gasteiger partial charge in [0.2, 0.25) is 0 Å². The molecule has 0 saturated carbocycles. The fourth-order valence-electron chi connectivity index (χ4n) is 8.88. The van der Waals surface area contributed by atoms with Crippen molar-refractivity contribution in [3.05, 3.63) is 0 Å². The number of aliphatic hydroxyl groups excluding tert-OH is 1. The lowest BCUT2D eigenvalue weighted by Gasteiger charge is -2.21. The van der Waals surface area contributed by atoms with E-state index in [0.29, 0.717) is 25.7 Å². The molecule has 0 fully saturated rings. The second-order valence-electron chi connectivity index (χ2n) is 22.2. The maximum atomic E-state index is 12.9. The van der Waals surface area contributed by atoms with Crippen LogP contribution >= 0.6 is 15.6 Å². The van der Waals surface area contributed by atoms with E-state index in [0.717, 1.165) is 109 Å². The summed E-state index contributed by atoms with van der Waals surface area (Å²) < 4.78 is 67.7. The number of hydrogen-bond donors (Lipinski definition) is 3. The molecule has 0 amide bonds. The van der Waals surface area contributed by atoms with E-state index in [9.17, 15) is 43.2 Å². The van der Waals surface area contributed by atoms with Crippen molar-refractivity contribution in [1.29, 1.82) is 0 Å². The van der Waals surface area contributed by atoms with Gasteiger partial charge in [-0.15, -0.1) is 0 Å². The van der Waals surface area contributed by atoms with Gasteiger partial charge in [-0.25, -0.2) is 9.13 Å². The Hall–Kier alpha value is -1.94. The monoisotopic (exact) mass is 1170 g/mol. The molecule has 0 bridgehead atoms. The number of esters is 4. The summed E-state index contributed by atoms with van der Waals surface area (Å²) in [5.41, 5.74) is 0. The topological polar surface area (TPSA) is 237 Å². The Morgan fingerprint density at radius 3 is 0.861 bits per heavy atom. The molecule has 0 saturated heterocycles. The normalized spacial score (nSPS) is 14.3. The van der Waals surface area contributed by atoms with Gasteiger partial charge in [0, 0.05) is 25.7 Å². The smallest absolute Gasteiger partial charge is 0.462 e. The summed E-state index contributed by atoms with van der Waals surface area (Å²) in [4.78, 5) is 71.8. The van der Waals surface area contributed by atoms with Crippen LogP contribution in [0.5, 0.6) is 0 Å². The van der Waals surface area contributed by atoms with Crippen molar-refractivity contribution in [2.75, 3.05) is 39.6 Å². The lowest BCUT2D eigenvalue weighted by atomic mass is 10.0. The van der Waals surface area contributed by atoms with Crippen LogP contribution in [0.2, 0.25) is 0 Å². The summed E-state index contributed by atoms with van der Waals surface area (Å²) in [6.07, 6.45) is 36.3. The standard InChI is InChI=1S/C60H116O17P2/c1-6-9-12-15-18-24-30-34-39-44-58(63)71-50-56(77-60(65)46-41-36-31-26-23-21-22-25-27-32-37-42-53(4)5)52-75-79(68,69)73-48-54(61)47-72-78(66,67)74-51-55(76-59(64)45-40-35-29-20-17-14-11-8-3)49-70-57(62)43-38-33-28-19-16-13-10-7-2/h53-56,61H,6-52H2,1-5H3,(H,66,67)(H,68,69)/t54-,55+,56+/m0/s1. The Labute approximate surface area is 479 Å². The molecule has 3 N–H and O–H groups in total. The summed E-state index contributed by atoms with van der Waals surface area (Å²) in [7, 11) is -9.87. The molecule has 468 valence electrons. The van der Waals surface area contributed by atoms with Gasteiger partial charge in [-0.1, -0.05) is 247 Å². The van der Waals surface area contributed by atoms with E-state index in [2.05, 4.69) is 34.6 Å². The molecule has 19 heteroatoms. The van der Waals surface area contributed by atoms with Gasteiger partial charge in [-0.2, -0.15) is 0 Å². The molecule has 0 radical (unpaired) electrons. The van der Waals surface area contributed by atoms with Crippen LogP contribution in [0.4, 0.5) is 0 Å². The fourth-order valence-corrected chi connectivity index (χ4v) is 10.5. The van der Waals surface area contributed by atoms with E-state index in [1.54, 1.807) is 0 Å². The van der Waals surface area contributed by atoms with Crippen LogP contribution in [-0.4, -0.2) is 96.7 Å². The number of phosphoric ester groups is 2. The molecular weight excluding hydrogens is 1050 g/mol. The zero-order valence-electron chi connectivity index (χ0n) is 50.5. The Kier molecular flexibility index (Phi) is 52.7. The lowest BCUT2D eigenvalue weighted by molar-refractivity contribution is -0.161. The van der Waals surface area contributed by atoms with E-state index in [-0.39, 0.29) is 25.7 Å². The summed E-state index contributed by atoms with van der Waals surface area (Å²) in [6, 6.07) is 0. The van der Waals surface area contributed by atoms with Gasteiger partial charge < -0.3 is 33.8 Å². The Bertz CT molecular complexity index is 1550. The van der Waals surface area contributed by atoms with E-state index in [1.807, 2.05) is 0 Å². The van der Waals surface area contributed by atoms with Gasteiger partial charge in [0.25, 0.3) is 0 Å². The van der Waals surface area contributed by atoms with Gasteiger partial charge in [-0.05, 0) is 31.6 Å². The number of rotatable bonds is 60. The first-order chi connectivity index (χ1) is 38.0. The summed E-state index contributed by atoms with van der Waals surface area (Å²) in [5.74, 6) is -1.38. The Morgan fingerprint density at radius 1 is 0.342 bits per heavy atom. The highest BCUT2D eigenvalue weighted by molar-refractivity contribution is 7.47. The lowest BCUT2D eigenvalue weighted by Crippen LogP contribution is -2.30. The quantitative estimate of drug-likeness (QED) is 0.0222. The average Bonchev–Trinajstić information content (AvgIpc) is 3.41. The number of carbonyl (C=O) groups excluding carboxylic acids is 4. The van der Waals surface area contributed by atoms with Crippen molar-refractivity contribution in [2.24, 2.45) is 5.92 Å². The zero-order chi connectivity index (χ0) is 58.5. The number of hydrogen-bond acceptors (Lipinski definition) is 15. The maximum absolute atomic E-state index is 12.9. The minimum absolute atomic E-state index is 0.105. The predicted octanol–water partition coefficient (Wildman–Crippen LogP) is 16.2. The zero-order valence-corrected chi connectivity index (χ0v) is 52.3. The summed E-state index contributed by atoms with van der Waals surface area (Å²) >= 11 is 0. The predicted molar refractivity (Wildman–Crippen MR) is 312 cm³/mol. The Balaban J connectivity index is 5.19. The molecule has 79 heavy (non-hydrogen) atoms. The third-order valence-corrected chi connectivity index (χ3v) is 15.7. The molecule has 5 atom stereocenters. The van der Waals surface area contributed by atoms with Gasteiger partial charge in [0.05, 0.1) is 26.4 Å². The third kappa shape index (κ3) is 55.0. The van der Waals surface area contributed by atoms with Crippen LogP contribution in [-0.2, 0) is 65.4 Å². The molecule has 0 aliphatic heterocycles. The van der Waals surface area contributed by atoms with Crippen LogP contribution in [0.15, 0.2) is 0 Å². The maximum Gasteiger partial charge on any atom is 0.472 e. The molecule has 2 unspecified atom stereocenters. The molecular formula is C60H116O17P2. The number of ether oxygens (including phenoxy) is 4. The van der Waals surface area contributed by atoms with E-state index in [1.165, 1.54) is 109 Å². The van der Waals surface area contributed by atoms with Crippen molar-refractivity contribution in [3.8, 4) is 0 Å². The SMILES string of the molecule is CCCCCCCCCCCC(=O)OC[C@H](COP(=O)(O)OC[C@@H](O)COP(=O)(O)OC[C@@H](COC(=O)CCCCCCCCCC)OC(=O)CCCCCCCCCC)OC(=O)CCCCCCCCCCCCCC(C)C. The van der Waals surface area contributed by atoms with E-state index < -0.39 is 97.5 Å². The van der Waals surface area contributed by atoms with E-state index in [4.69, 9.17) is 37.0 Å². The third-order valence-electron chi connectivity index (χ3n) is 13.8. The highest BCUT2D eigenvalue weighted by atomic mass is 31.2. The van der Waals surface area contributed by atoms with E-state index >= 15 is 0 Å². The molecule has 0 aliphatic carbocycles. The summed E-state index contributed by atoms with van der Waals surface area (Å²) in [5, 5.41) is 10.5. The van der Waals surface area contributed by atoms with Crippen LogP contribution in [0.3, 0.4) is 0 Å². The molecule has 0 aromatic rings. The highest BCUT2D eigenvalue weighted by Gasteiger charge is 2.30. The number of carbonyl (C=O) groups is 4. The first-order valence-corrected chi connectivity index (χ1v) is 34.6. The molecule has 0 spiro atoms. The van der Waals surface area contributed by atoms with Crippen LogP contribution in [0.25, 0.3) is 0 Å². The molecule has 0 aliphatic rings. The molecule has 0 aromatic heterocycles. The number of phosphoric acid groups is 2. The highest BCUT2D eigenvalue weighted by Crippen LogP contribution is 2.45. The van der Waals surface area contributed by atoms with Crippen molar-refractivity contribution in [2.45, 2.75) is 316 Å². The van der Waals surface area contributed by atoms with Gasteiger partial charge in [-0.3, -0.25) is 37.3 Å². The molecule has 0 rings (SSSR count). The molecule has 0 heterocycles. The minimum atomic E-state index is -4.94. The van der Waals surface area contributed by atoms with Crippen LogP contribution in [0.1, 0.15) is 298 Å². The second-order valence-corrected chi connectivity index (χ2v) is 25.1. The molecule has 0 aromatic carbocycles. The van der Waals surface area contributed by atoms with Gasteiger partial charge >= 0.3 is 39.5 Å². The minimum Gasteiger partial charge on any atom is -0.462 e. The van der Waals surface area contributed by atoms with Gasteiger partial charge in [0.15, 0.2) is 12.2 Å². The fraction of sp³-hybridized carbons (Fsp3) is 0.933. The van der Waals surface area contributed by atoms with Crippen molar-refractivity contribution < 1.29 is 80.2 Å². The van der Waals surface area contributed by atoms with Crippen molar-refractivity contribution in [3.63, 3.8) is 0 Å². The molecule has 17 nitrogen and oxygen atoms in total. The average molecular weight is 1170 g/mol. The first kappa shape index (κ1) is 77.1. The number of unbranched alkanes of at least 4 members (excludes halogenated alkanes) is 32. The van der Waals surface area contributed by atoms with Crippen molar-refractivity contribution in [1.82, 2.24) is 0 Å². The van der Waals surface area contributed by atoms with Crippen LogP contribution in [0, 0.1) is 5.92 Å². The Morgan fingerprint density at radius 2 is 0.582 bits per heavy atom. The summed E-state index contributed by atoms with van der Waals surface area (Å²) in [6.45, 7) is 7.10. The largest absolute Gasteiger partial charge is 0.472 e. The van der Waals surface area contributed by atoms with Gasteiger partial charge in [0.1, 0.15) is 19.3 Å². The van der Waals surface area contributed by atoms with Crippen molar-refractivity contribution >= 4 is 39.5 Å².